The Morgan fingerprint density at radius 2 is 2.08 bits per heavy atom. The summed E-state index contributed by atoms with van der Waals surface area (Å²) in [6, 6.07) is 4.97. The lowest BCUT2D eigenvalue weighted by atomic mass is 9.98. The first kappa shape index (κ1) is 18.9. The predicted molar refractivity (Wildman–Crippen MR) is 92.5 cm³/mol. The number of ether oxygens (including phenoxy) is 2. The maximum absolute atomic E-state index is 12.3. The fourth-order valence-corrected chi connectivity index (χ4v) is 2.93. The van der Waals surface area contributed by atoms with E-state index in [4.69, 9.17) is 32.7 Å². The summed E-state index contributed by atoms with van der Waals surface area (Å²) in [5.41, 5.74) is 0. The van der Waals surface area contributed by atoms with Crippen LogP contribution in [0.5, 0.6) is 5.75 Å². The number of rotatable bonds is 6. The van der Waals surface area contributed by atoms with E-state index in [1.807, 2.05) is 0 Å². The van der Waals surface area contributed by atoms with Crippen LogP contribution < -0.4 is 4.74 Å². The molecule has 24 heavy (non-hydrogen) atoms. The third-order valence-electron chi connectivity index (χ3n) is 3.87. The van der Waals surface area contributed by atoms with Crippen LogP contribution in [0.4, 0.5) is 0 Å². The van der Waals surface area contributed by atoms with E-state index in [0.29, 0.717) is 35.5 Å². The van der Waals surface area contributed by atoms with Gasteiger partial charge >= 0.3 is 5.97 Å². The second kappa shape index (κ2) is 9.14. The molecule has 2 rings (SSSR count). The van der Waals surface area contributed by atoms with Crippen LogP contribution >= 0.6 is 23.2 Å². The van der Waals surface area contributed by atoms with Gasteiger partial charge in [0.15, 0.2) is 0 Å². The first-order valence-corrected chi connectivity index (χ1v) is 8.79. The van der Waals surface area contributed by atoms with Crippen molar-refractivity contribution in [2.45, 2.75) is 26.2 Å². The number of piperidine rings is 1. The van der Waals surface area contributed by atoms with Crippen LogP contribution in [-0.2, 0) is 14.3 Å². The van der Waals surface area contributed by atoms with Gasteiger partial charge in [-0.15, -0.1) is 0 Å². The molecule has 132 valence electrons. The molecule has 1 unspecified atom stereocenters. The van der Waals surface area contributed by atoms with E-state index in [1.165, 1.54) is 0 Å². The van der Waals surface area contributed by atoms with Crippen LogP contribution in [0.2, 0.25) is 10.0 Å². The zero-order valence-corrected chi connectivity index (χ0v) is 15.1. The summed E-state index contributed by atoms with van der Waals surface area (Å²) in [6.07, 6.45) is 1.82. The highest BCUT2D eigenvalue weighted by molar-refractivity contribution is 6.42. The molecular weight excluding hydrogens is 353 g/mol. The number of esters is 1. The van der Waals surface area contributed by atoms with Crippen LogP contribution in [0.25, 0.3) is 0 Å². The van der Waals surface area contributed by atoms with Crippen molar-refractivity contribution in [2.75, 3.05) is 26.3 Å². The molecule has 0 N–H and O–H groups in total. The molecule has 0 aromatic heterocycles. The normalized spacial score (nSPS) is 17.5. The molecule has 0 aliphatic carbocycles. The molecule has 1 aromatic rings. The van der Waals surface area contributed by atoms with Crippen LogP contribution in [0.15, 0.2) is 18.2 Å². The van der Waals surface area contributed by atoms with Crippen molar-refractivity contribution in [2.24, 2.45) is 5.92 Å². The lowest BCUT2D eigenvalue weighted by molar-refractivity contribution is -0.151. The van der Waals surface area contributed by atoms with Crippen molar-refractivity contribution >= 4 is 35.1 Å². The third kappa shape index (κ3) is 5.28. The van der Waals surface area contributed by atoms with E-state index in [1.54, 1.807) is 30.0 Å². The summed E-state index contributed by atoms with van der Waals surface area (Å²) in [4.78, 5) is 25.8. The summed E-state index contributed by atoms with van der Waals surface area (Å²) in [5.74, 6) is 0.102. The van der Waals surface area contributed by atoms with Crippen LogP contribution in [0, 0.1) is 5.92 Å². The molecule has 1 saturated heterocycles. The lowest BCUT2D eigenvalue weighted by Crippen LogP contribution is -2.43. The molecule has 1 fully saturated rings. The number of carbonyl (C=O) groups excluding carboxylic acids is 2. The van der Waals surface area contributed by atoms with Crippen molar-refractivity contribution in [1.82, 2.24) is 4.90 Å². The molecule has 7 heteroatoms. The Hall–Kier alpha value is -1.46. The topological polar surface area (TPSA) is 55.8 Å². The monoisotopic (exact) mass is 373 g/mol. The zero-order valence-electron chi connectivity index (χ0n) is 13.6. The van der Waals surface area contributed by atoms with Gasteiger partial charge in [0.2, 0.25) is 5.91 Å². The summed E-state index contributed by atoms with van der Waals surface area (Å²) >= 11 is 11.8. The first-order valence-electron chi connectivity index (χ1n) is 8.03. The summed E-state index contributed by atoms with van der Waals surface area (Å²) in [5, 5.41) is 0.868. The highest BCUT2D eigenvalue weighted by Crippen LogP contribution is 2.26. The Labute approximate surface area is 151 Å². The minimum Gasteiger partial charge on any atom is -0.493 e. The number of halogens is 2. The largest absolute Gasteiger partial charge is 0.493 e. The Morgan fingerprint density at radius 1 is 1.29 bits per heavy atom. The second-order valence-corrected chi connectivity index (χ2v) is 6.42. The van der Waals surface area contributed by atoms with Crippen LogP contribution in [0.1, 0.15) is 26.2 Å². The summed E-state index contributed by atoms with van der Waals surface area (Å²) in [6.45, 7) is 3.48. The van der Waals surface area contributed by atoms with Gasteiger partial charge in [0.1, 0.15) is 5.75 Å². The molecule has 0 bridgehead atoms. The average molecular weight is 374 g/mol. The number of likely N-dealkylation sites (tertiary alicyclic amines) is 1. The zero-order chi connectivity index (χ0) is 17.5. The van der Waals surface area contributed by atoms with Crippen molar-refractivity contribution in [3.8, 4) is 5.75 Å². The molecule has 0 saturated carbocycles. The van der Waals surface area contributed by atoms with Gasteiger partial charge in [-0.25, -0.2) is 0 Å². The van der Waals surface area contributed by atoms with E-state index < -0.39 is 0 Å². The Morgan fingerprint density at radius 3 is 2.79 bits per heavy atom. The van der Waals surface area contributed by atoms with Crippen molar-refractivity contribution < 1.29 is 19.1 Å². The molecule has 1 atom stereocenters. The highest BCUT2D eigenvalue weighted by atomic mass is 35.5. The van der Waals surface area contributed by atoms with Gasteiger partial charge in [-0.05, 0) is 31.9 Å². The van der Waals surface area contributed by atoms with E-state index >= 15 is 0 Å². The molecule has 1 heterocycles. The van der Waals surface area contributed by atoms with Gasteiger partial charge < -0.3 is 14.4 Å². The maximum Gasteiger partial charge on any atom is 0.310 e. The number of carbonyl (C=O) groups is 2. The standard InChI is InChI=1S/C17H21Cl2NO4/c1-2-23-17(22)12-4-3-8-20(11-12)16(21)7-9-24-13-5-6-14(18)15(19)10-13/h5-6,10,12H,2-4,7-9,11H2,1H3. The van der Waals surface area contributed by atoms with Gasteiger partial charge in [-0.3, -0.25) is 9.59 Å². The quantitative estimate of drug-likeness (QED) is 0.715. The lowest BCUT2D eigenvalue weighted by Gasteiger charge is -2.31. The molecule has 1 amide bonds. The number of amides is 1. The van der Waals surface area contributed by atoms with E-state index in [-0.39, 0.29) is 30.8 Å². The molecular formula is C17H21Cl2NO4. The molecule has 1 aliphatic heterocycles. The Bertz CT molecular complexity index is 594. The van der Waals surface area contributed by atoms with Gasteiger partial charge in [-0.2, -0.15) is 0 Å². The van der Waals surface area contributed by atoms with Crippen molar-refractivity contribution in [1.29, 1.82) is 0 Å². The first-order chi connectivity index (χ1) is 11.5. The maximum atomic E-state index is 12.3. The number of hydrogen-bond donors (Lipinski definition) is 0. The van der Waals surface area contributed by atoms with Gasteiger partial charge in [0.05, 0.1) is 35.6 Å². The predicted octanol–water partition coefficient (Wildman–Crippen LogP) is 3.56. The van der Waals surface area contributed by atoms with Crippen molar-refractivity contribution in [3.63, 3.8) is 0 Å². The van der Waals surface area contributed by atoms with E-state index in [0.717, 1.165) is 12.8 Å². The SMILES string of the molecule is CCOC(=O)C1CCCN(C(=O)CCOc2ccc(Cl)c(Cl)c2)C1. The molecule has 0 radical (unpaired) electrons. The minimum absolute atomic E-state index is 0.0240. The second-order valence-electron chi connectivity index (χ2n) is 5.61. The fraction of sp³-hybridized carbons (Fsp3) is 0.529. The molecule has 0 spiro atoms. The Kier molecular flexibility index (Phi) is 7.18. The fourth-order valence-electron chi connectivity index (χ4n) is 2.64. The Balaban J connectivity index is 1.79. The van der Waals surface area contributed by atoms with E-state index in [2.05, 4.69) is 0 Å². The molecule has 1 aliphatic rings. The van der Waals surface area contributed by atoms with Crippen LogP contribution in [-0.4, -0.2) is 43.1 Å². The molecule has 5 nitrogen and oxygen atoms in total. The highest BCUT2D eigenvalue weighted by Gasteiger charge is 2.29. The minimum atomic E-state index is -0.223. The van der Waals surface area contributed by atoms with Gasteiger partial charge in [-0.1, -0.05) is 23.2 Å². The number of nitrogens with zero attached hydrogens (tertiary/aromatic N) is 1. The van der Waals surface area contributed by atoms with E-state index in [9.17, 15) is 9.59 Å². The average Bonchev–Trinajstić information content (AvgIpc) is 2.58. The number of benzene rings is 1. The van der Waals surface area contributed by atoms with Gasteiger partial charge in [0, 0.05) is 19.2 Å². The number of hydrogen-bond acceptors (Lipinski definition) is 4. The van der Waals surface area contributed by atoms with Crippen molar-refractivity contribution in [3.05, 3.63) is 28.2 Å². The van der Waals surface area contributed by atoms with Gasteiger partial charge in [0.25, 0.3) is 0 Å². The van der Waals surface area contributed by atoms with Crippen LogP contribution in [0.3, 0.4) is 0 Å². The smallest absolute Gasteiger partial charge is 0.310 e. The summed E-state index contributed by atoms with van der Waals surface area (Å²) in [7, 11) is 0. The molecule has 1 aromatic carbocycles. The summed E-state index contributed by atoms with van der Waals surface area (Å²) < 4.78 is 10.6. The third-order valence-corrected chi connectivity index (χ3v) is 4.61.